The van der Waals surface area contributed by atoms with Crippen LogP contribution in [0.5, 0.6) is 0 Å². The van der Waals surface area contributed by atoms with Gasteiger partial charge in [-0.15, -0.1) is 22.7 Å². The molecule has 5 rings (SSSR count). The molecule has 5 aromatic rings. The lowest BCUT2D eigenvalue weighted by molar-refractivity contribution is 1.77. The van der Waals surface area contributed by atoms with Crippen molar-refractivity contribution >= 4 is 94.9 Å². The van der Waals surface area contributed by atoms with Gasteiger partial charge in [-0.05, 0) is 48.5 Å². The summed E-state index contributed by atoms with van der Waals surface area (Å²) in [6.07, 6.45) is 0. The number of thiophene rings is 2. The fourth-order valence-electron chi connectivity index (χ4n) is 2.99. The van der Waals surface area contributed by atoms with E-state index in [-0.39, 0.29) is 0 Å². The summed E-state index contributed by atoms with van der Waals surface area (Å²) in [5.74, 6) is 0. The number of benzene rings is 3. The summed E-state index contributed by atoms with van der Waals surface area (Å²) in [7, 11) is 0. The minimum absolute atomic E-state index is 1.14. The van der Waals surface area contributed by atoms with Crippen LogP contribution in [-0.2, 0) is 0 Å². The highest BCUT2D eigenvalue weighted by Crippen LogP contribution is 2.42. The molecule has 106 valence electrons. The van der Waals surface area contributed by atoms with Crippen molar-refractivity contribution in [2.75, 3.05) is 0 Å². The maximum Gasteiger partial charge on any atom is 0.0369 e. The number of hydrogen-bond donors (Lipinski definition) is 0. The van der Waals surface area contributed by atoms with Gasteiger partial charge in [0.2, 0.25) is 0 Å². The molecule has 2 aromatic heterocycles. The largest absolute Gasteiger partial charge is 0.135 e. The Labute approximate surface area is 151 Å². The first-order valence-electron chi connectivity index (χ1n) is 6.83. The molecule has 0 aliphatic heterocycles. The molecule has 3 aromatic carbocycles. The molecule has 0 aliphatic rings. The number of hydrogen-bond acceptors (Lipinski definition) is 2. The van der Waals surface area contributed by atoms with Crippen LogP contribution < -0.4 is 0 Å². The summed E-state index contributed by atoms with van der Waals surface area (Å²) < 4.78 is 7.70. The minimum atomic E-state index is 1.14. The van der Waals surface area contributed by atoms with Crippen LogP contribution in [0.25, 0.3) is 40.3 Å². The van der Waals surface area contributed by atoms with Gasteiger partial charge in [-0.2, -0.15) is 0 Å². The van der Waals surface area contributed by atoms with E-state index in [1.165, 1.54) is 40.3 Å². The predicted octanol–water partition coefficient (Wildman–Crippen LogP) is 7.95. The lowest BCUT2D eigenvalue weighted by Crippen LogP contribution is -1.70. The van der Waals surface area contributed by atoms with Gasteiger partial charge in [0.1, 0.15) is 0 Å². The van der Waals surface area contributed by atoms with Gasteiger partial charge in [-0.25, -0.2) is 0 Å². The van der Waals surface area contributed by atoms with Gasteiger partial charge in [0.05, 0.1) is 0 Å². The third-order valence-corrected chi connectivity index (χ3v) is 7.24. The van der Waals surface area contributed by atoms with E-state index in [4.69, 9.17) is 0 Å². The molecule has 0 spiro atoms. The molecule has 0 saturated heterocycles. The number of fused-ring (bicyclic) bond motifs is 6. The molecule has 0 nitrogen and oxygen atoms in total. The van der Waals surface area contributed by atoms with Crippen molar-refractivity contribution in [2.45, 2.75) is 0 Å². The standard InChI is InChI=1S/C18H8Br2S2/c19-9-1-3-15-11(5-9)13-7-14-12-6-10(20)2-4-16(12)22-18(14)8-17(13)21-15/h1-8H. The van der Waals surface area contributed by atoms with Crippen LogP contribution in [0.15, 0.2) is 57.5 Å². The average Bonchev–Trinajstić information content (AvgIpc) is 3.02. The summed E-state index contributed by atoms with van der Waals surface area (Å²) in [4.78, 5) is 0. The zero-order valence-electron chi connectivity index (χ0n) is 11.2. The highest BCUT2D eigenvalue weighted by Gasteiger charge is 2.11. The van der Waals surface area contributed by atoms with Gasteiger partial charge in [0, 0.05) is 49.3 Å². The Morgan fingerprint density at radius 2 is 0.955 bits per heavy atom. The normalized spacial score (nSPS) is 12.1. The molecular formula is C18H8Br2S2. The number of rotatable bonds is 0. The molecule has 2 heterocycles. The van der Waals surface area contributed by atoms with E-state index in [1.807, 2.05) is 22.7 Å². The lowest BCUT2D eigenvalue weighted by Gasteiger charge is -1.96. The van der Waals surface area contributed by atoms with Crippen LogP contribution in [0.2, 0.25) is 0 Å². The summed E-state index contributed by atoms with van der Waals surface area (Å²) in [5, 5.41) is 5.39. The first-order valence-corrected chi connectivity index (χ1v) is 10.0. The Morgan fingerprint density at radius 1 is 0.500 bits per heavy atom. The molecule has 0 fully saturated rings. The first kappa shape index (κ1) is 13.5. The fourth-order valence-corrected chi connectivity index (χ4v) is 6.00. The zero-order chi connectivity index (χ0) is 14.8. The molecule has 4 heteroatoms. The highest BCUT2D eigenvalue weighted by molar-refractivity contribution is 9.10. The molecule has 0 aliphatic carbocycles. The van der Waals surface area contributed by atoms with E-state index < -0.39 is 0 Å². The Hall–Kier alpha value is -0.940. The van der Waals surface area contributed by atoms with Crippen molar-refractivity contribution in [3.8, 4) is 0 Å². The Morgan fingerprint density at radius 3 is 1.45 bits per heavy atom. The quantitative estimate of drug-likeness (QED) is 0.226. The van der Waals surface area contributed by atoms with Crippen LogP contribution in [0.3, 0.4) is 0 Å². The van der Waals surface area contributed by atoms with E-state index in [2.05, 4.69) is 80.4 Å². The average molecular weight is 448 g/mol. The molecule has 0 radical (unpaired) electrons. The Bertz CT molecular complexity index is 1110. The smallest absolute Gasteiger partial charge is 0.0369 e. The fraction of sp³-hybridized carbons (Fsp3) is 0. The van der Waals surface area contributed by atoms with Crippen molar-refractivity contribution < 1.29 is 0 Å². The molecule has 0 atom stereocenters. The Balaban J connectivity index is 2.00. The van der Waals surface area contributed by atoms with E-state index in [1.54, 1.807) is 0 Å². The second-order valence-corrected chi connectivity index (χ2v) is 9.33. The van der Waals surface area contributed by atoms with Crippen molar-refractivity contribution in [1.82, 2.24) is 0 Å². The minimum Gasteiger partial charge on any atom is -0.135 e. The maximum atomic E-state index is 3.59. The van der Waals surface area contributed by atoms with E-state index in [9.17, 15) is 0 Å². The monoisotopic (exact) mass is 446 g/mol. The SMILES string of the molecule is Brc1ccc2sc3cc4sc5ccc(Br)cc5c4cc3c2c1. The third-order valence-electron chi connectivity index (χ3n) is 3.99. The van der Waals surface area contributed by atoms with Crippen molar-refractivity contribution in [3.63, 3.8) is 0 Å². The highest BCUT2D eigenvalue weighted by atomic mass is 79.9. The molecule has 0 unspecified atom stereocenters. The second-order valence-electron chi connectivity index (χ2n) is 5.33. The van der Waals surface area contributed by atoms with Crippen molar-refractivity contribution in [1.29, 1.82) is 0 Å². The van der Waals surface area contributed by atoms with Gasteiger partial charge in [-0.3, -0.25) is 0 Å². The van der Waals surface area contributed by atoms with Crippen molar-refractivity contribution in [3.05, 3.63) is 57.5 Å². The number of halogens is 2. The van der Waals surface area contributed by atoms with Gasteiger partial charge < -0.3 is 0 Å². The summed E-state index contributed by atoms with van der Waals surface area (Å²) in [5.41, 5.74) is 0. The van der Waals surface area contributed by atoms with Crippen LogP contribution in [0.1, 0.15) is 0 Å². The van der Waals surface area contributed by atoms with Gasteiger partial charge in [0.15, 0.2) is 0 Å². The van der Waals surface area contributed by atoms with E-state index >= 15 is 0 Å². The van der Waals surface area contributed by atoms with Crippen LogP contribution in [0.4, 0.5) is 0 Å². The van der Waals surface area contributed by atoms with Crippen molar-refractivity contribution in [2.24, 2.45) is 0 Å². The lowest BCUT2D eigenvalue weighted by atomic mass is 10.1. The summed E-state index contributed by atoms with van der Waals surface area (Å²) in [6.45, 7) is 0. The molecule has 0 bridgehead atoms. The van der Waals surface area contributed by atoms with E-state index in [0.29, 0.717) is 0 Å². The molecule has 0 saturated carbocycles. The third kappa shape index (κ3) is 1.91. The molecular weight excluding hydrogens is 440 g/mol. The Kier molecular flexibility index (Phi) is 2.93. The molecule has 0 amide bonds. The van der Waals surface area contributed by atoms with Crippen LogP contribution >= 0.6 is 54.5 Å². The summed E-state index contributed by atoms with van der Waals surface area (Å²) in [6, 6.07) is 17.8. The summed E-state index contributed by atoms with van der Waals surface area (Å²) >= 11 is 10.9. The van der Waals surface area contributed by atoms with Crippen LogP contribution in [-0.4, -0.2) is 0 Å². The van der Waals surface area contributed by atoms with E-state index in [0.717, 1.165) is 8.95 Å². The first-order chi connectivity index (χ1) is 10.7. The van der Waals surface area contributed by atoms with Gasteiger partial charge in [-0.1, -0.05) is 31.9 Å². The zero-order valence-corrected chi connectivity index (χ0v) is 16.0. The van der Waals surface area contributed by atoms with Crippen LogP contribution in [0, 0.1) is 0 Å². The predicted molar refractivity (Wildman–Crippen MR) is 108 cm³/mol. The molecule has 0 N–H and O–H groups in total. The van der Waals surface area contributed by atoms with Gasteiger partial charge >= 0.3 is 0 Å². The van der Waals surface area contributed by atoms with Gasteiger partial charge in [0.25, 0.3) is 0 Å². The topological polar surface area (TPSA) is 0 Å². The maximum absolute atomic E-state index is 3.59. The molecule has 22 heavy (non-hydrogen) atoms. The second kappa shape index (κ2) is 4.78.